The van der Waals surface area contributed by atoms with E-state index in [-0.39, 0.29) is 18.3 Å². The zero-order valence-electron chi connectivity index (χ0n) is 10.3. The van der Waals surface area contributed by atoms with Crippen LogP contribution < -0.4 is 4.72 Å². The lowest BCUT2D eigenvalue weighted by molar-refractivity contribution is 0.160. The number of hydrogen-bond acceptors (Lipinski definition) is 4. The molecule has 1 aliphatic rings. The number of nitrogens with one attached hydrogen (secondary N) is 1. The minimum Gasteiger partial charge on any atom is -0.448 e. The van der Waals surface area contributed by atoms with Gasteiger partial charge < -0.3 is 9.64 Å². The predicted molar refractivity (Wildman–Crippen MR) is 64.2 cm³/mol. The monoisotopic (exact) mass is 264 g/mol. The van der Waals surface area contributed by atoms with Gasteiger partial charge in [0.25, 0.3) is 0 Å². The number of nitrogens with zero attached hydrogens (tertiary/aromatic N) is 1. The van der Waals surface area contributed by atoms with Gasteiger partial charge in [0, 0.05) is 12.6 Å². The largest absolute Gasteiger partial charge is 0.448 e. The van der Waals surface area contributed by atoms with Crippen molar-refractivity contribution in [2.24, 2.45) is 0 Å². The molecule has 0 saturated carbocycles. The fourth-order valence-electron chi connectivity index (χ4n) is 1.72. The van der Waals surface area contributed by atoms with E-state index in [0.717, 1.165) is 12.8 Å². The van der Waals surface area contributed by atoms with Crippen LogP contribution in [0, 0.1) is 0 Å². The summed E-state index contributed by atoms with van der Waals surface area (Å²) in [6.45, 7) is 4.85. The molecule has 100 valence electrons. The highest BCUT2D eigenvalue weighted by atomic mass is 32.2. The van der Waals surface area contributed by atoms with Gasteiger partial charge in [0.2, 0.25) is 10.0 Å². The first kappa shape index (κ1) is 14.2. The van der Waals surface area contributed by atoms with E-state index >= 15 is 0 Å². The Hall–Kier alpha value is -0.820. The van der Waals surface area contributed by atoms with E-state index in [2.05, 4.69) is 4.72 Å². The molecule has 17 heavy (non-hydrogen) atoms. The second kappa shape index (κ2) is 6.20. The zero-order valence-corrected chi connectivity index (χ0v) is 11.1. The van der Waals surface area contributed by atoms with E-state index in [1.165, 1.54) is 4.90 Å². The Morgan fingerprint density at radius 3 is 2.76 bits per heavy atom. The van der Waals surface area contributed by atoms with E-state index in [9.17, 15) is 13.2 Å². The molecule has 1 amide bonds. The lowest BCUT2D eigenvalue weighted by Crippen LogP contribution is -2.38. The molecule has 0 aromatic rings. The van der Waals surface area contributed by atoms with Crippen LogP contribution in [0.1, 0.15) is 26.7 Å². The van der Waals surface area contributed by atoms with Gasteiger partial charge in [-0.3, -0.25) is 0 Å². The first-order valence-corrected chi connectivity index (χ1v) is 7.51. The van der Waals surface area contributed by atoms with Crippen LogP contribution in [0.25, 0.3) is 0 Å². The van der Waals surface area contributed by atoms with E-state index in [1.807, 2.05) is 13.8 Å². The quantitative estimate of drug-likeness (QED) is 0.728. The first-order valence-electron chi connectivity index (χ1n) is 5.86. The fraction of sp³-hybridized carbons (Fsp3) is 0.900. The van der Waals surface area contributed by atoms with Crippen molar-refractivity contribution in [3.63, 3.8) is 0 Å². The number of sulfonamides is 1. The Morgan fingerprint density at radius 1 is 1.53 bits per heavy atom. The van der Waals surface area contributed by atoms with Gasteiger partial charge in [0.15, 0.2) is 0 Å². The van der Waals surface area contributed by atoms with Crippen molar-refractivity contribution < 1.29 is 17.9 Å². The molecule has 1 unspecified atom stereocenters. The third-order valence-corrected chi connectivity index (χ3v) is 4.06. The molecule has 1 N–H and O–H groups in total. The molecule has 1 fully saturated rings. The van der Waals surface area contributed by atoms with Crippen LogP contribution in [0.2, 0.25) is 0 Å². The summed E-state index contributed by atoms with van der Waals surface area (Å²) in [6.07, 6.45) is 1.31. The van der Waals surface area contributed by atoms with Gasteiger partial charge in [0.05, 0.1) is 12.3 Å². The molecule has 1 atom stereocenters. The number of hydrogen-bond donors (Lipinski definition) is 1. The van der Waals surface area contributed by atoms with Crippen LogP contribution in [0.15, 0.2) is 0 Å². The molecular weight excluding hydrogens is 244 g/mol. The maximum atomic E-state index is 11.7. The van der Waals surface area contributed by atoms with Gasteiger partial charge in [-0.2, -0.15) is 0 Å². The van der Waals surface area contributed by atoms with Gasteiger partial charge in [0.1, 0.15) is 6.61 Å². The average Bonchev–Trinajstić information content (AvgIpc) is 2.60. The zero-order chi connectivity index (χ0) is 12.9. The van der Waals surface area contributed by atoms with Crippen LogP contribution >= 0.6 is 0 Å². The second-order valence-electron chi connectivity index (χ2n) is 4.23. The van der Waals surface area contributed by atoms with Gasteiger partial charge in [-0.25, -0.2) is 17.9 Å². The topological polar surface area (TPSA) is 75.7 Å². The Labute approximate surface area is 102 Å². The summed E-state index contributed by atoms with van der Waals surface area (Å²) in [6, 6.07) is -0.0597. The van der Waals surface area contributed by atoms with Crippen molar-refractivity contribution >= 4 is 16.1 Å². The third kappa shape index (κ3) is 4.91. The van der Waals surface area contributed by atoms with Crippen molar-refractivity contribution in [2.75, 3.05) is 25.4 Å². The summed E-state index contributed by atoms with van der Waals surface area (Å²) >= 11 is 0. The molecule has 0 spiro atoms. The fourth-order valence-corrected chi connectivity index (χ4v) is 3.03. The average molecular weight is 264 g/mol. The molecule has 0 bridgehead atoms. The van der Waals surface area contributed by atoms with Crippen LogP contribution in [-0.2, 0) is 14.8 Å². The van der Waals surface area contributed by atoms with Crippen LogP contribution in [0.4, 0.5) is 4.79 Å². The summed E-state index contributed by atoms with van der Waals surface area (Å²) in [5, 5.41) is 0. The summed E-state index contributed by atoms with van der Waals surface area (Å²) in [7, 11) is -3.31. The number of ether oxygens (including phenoxy) is 1. The van der Waals surface area contributed by atoms with Gasteiger partial charge in [-0.05, 0) is 13.3 Å². The Morgan fingerprint density at radius 2 is 2.24 bits per heavy atom. The van der Waals surface area contributed by atoms with Crippen molar-refractivity contribution in [3.05, 3.63) is 0 Å². The molecule has 0 aromatic heterocycles. The van der Waals surface area contributed by atoms with Gasteiger partial charge in [-0.15, -0.1) is 0 Å². The van der Waals surface area contributed by atoms with E-state index in [0.29, 0.717) is 13.2 Å². The molecule has 0 aromatic carbocycles. The Kier molecular flexibility index (Phi) is 5.20. The SMILES string of the molecule is CCCC(C)NS(=O)(=O)CCN1CCOC1=O. The third-order valence-electron chi connectivity index (χ3n) is 2.58. The summed E-state index contributed by atoms with van der Waals surface area (Å²) in [5.74, 6) is -0.0733. The standard InChI is InChI=1S/C10H20N2O4S/c1-3-4-9(2)11-17(14,15)8-6-12-5-7-16-10(12)13/h9,11H,3-8H2,1-2H3. The maximum absolute atomic E-state index is 11.7. The number of carbonyl (C=O) groups is 1. The normalized spacial score (nSPS) is 18.2. The highest BCUT2D eigenvalue weighted by Gasteiger charge is 2.24. The number of amides is 1. The van der Waals surface area contributed by atoms with Crippen LogP contribution in [0.5, 0.6) is 0 Å². The second-order valence-corrected chi connectivity index (χ2v) is 6.10. The van der Waals surface area contributed by atoms with Crippen LogP contribution in [-0.4, -0.2) is 50.9 Å². The highest BCUT2D eigenvalue weighted by Crippen LogP contribution is 2.04. The molecule has 7 heteroatoms. The smallest absolute Gasteiger partial charge is 0.409 e. The summed E-state index contributed by atoms with van der Waals surface area (Å²) in [5.41, 5.74) is 0. The molecule has 1 saturated heterocycles. The first-order chi connectivity index (χ1) is 7.94. The van der Waals surface area contributed by atoms with E-state index < -0.39 is 16.1 Å². The summed E-state index contributed by atoms with van der Waals surface area (Å²) < 4.78 is 30.7. The predicted octanol–water partition coefficient (Wildman–Crippen LogP) is 0.547. The van der Waals surface area contributed by atoms with E-state index in [4.69, 9.17) is 4.74 Å². The minimum atomic E-state index is -3.31. The van der Waals surface area contributed by atoms with Gasteiger partial charge >= 0.3 is 6.09 Å². The molecule has 1 aliphatic heterocycles. The molecule has 0 aliphatic carbocycles. The van der Waals surface area contributed by atoms with Crippen LogP contribution in [0.3, 0.4) is 0 Å². The molecule has 1 heterocycles. The van der Waals surface area contributed by atoms with E-state index in [1.54, 1.807) is 0 Å². The maximum Gasteiger partial charge on any atom is 0.409 e. The van der Waals surface area contributed by atoms with Crippen molar-refractivity contribution in [1.29, 1.82) is 0 Å². The molecule has 6 nitrogen and oxygen atoms in total. The summed E-state index contributed by atoms with van der Waals surface area (Å²) in [4.78, 5) is 12.5. The Bertz CT molecular complexity index is 355. The lowest BCUT2D eigenvalue weighted by Gasteiger charge is -2.16. The Balaban J connectivity index is 2.36. The van der Waals surface area contributed by atoms with Crippen molar-refractivity contribution in [2.45, 2.75) is 32.7 Å². The molecule has 0 radical (unpaired) electrons. The van der Waals surface area contributed by atoms with Gasteiger partial charge in [-0.1, -0.05) is 13.3 Å². The lowest BCUT2D eigenvalue weighted by atomic mass is 10.2. The molecule has 1 rings (SSSR count). The molecular formula is C10H20N2O4S. The number of carbonyl (C=O) groups excluding carboxylic acids is 1. The van der Waals surface area contributed by atoms with Crippen molar-refractivity contribution in [1.82, 2.24) is 9.62 Å². The highest BCUT2D eigenvalue weighted by molar-refractivity contribution is 7.89. The number of rotatable bonds is 7. The number of cyclic esters (lactones) is 1. The van der Waals surface area contributed by atoms with Crippen molar-refractivity contribution in [3.8, 4) is 0 Å². The minimum absolute atomic E-state index is 0.0597.